The molecule has 0 aliphatic carbocycles. The molecule has 0 radical (unpaired) electrons. The molecule has 0 spiro atoms. The number of nitrogens with zero attached hydrogens (tertiary/aromatic N) is 7. The van der Waals surface area contributed by atoms with Crippen molar-refractivity contribution in [3.05, 3.63) is 102 Å². The number of amides is 5. The fraction of sp³-hybridized carbons (Fsp3) is 0.388. The highest BCUT2D eigenvalue weighted by Crippen LogP contribution is 2.36. The van der Waals surface area contributed by atoms with Gasteiger partial charge >= 0.3 is 0 Å². The van der Waals surface area contributed by atoms with Gasteiger partial charge in [-0.2, -0.15) is 5.10 Å². The predicted octanol–water partition coefficient (Wildman–Crippen LogP) is 2.79. The number of anilines is 1. The number of aromatic nitrogens is 4. The van der Waals surface area contributed by atoms with Gasteiger partial charge in [-0.15, -0.1) is 0 Å². The molecule has 6 heterocycles. The molecule has 0 bridgehead atoms. The fourth-order valence-corrected chi connectivity index (χ4v) is 8.76. The van der Waals surface area contributed by atoms with E-state index in [1.165, 1.54) is 12.4 Å². The first-order chi connectivity index (χ1) is 34.7. The maximum atomic E-state index is 13.9. The largest absolute Gasteiger partial charge is 0.490 e. The zero-order valence-electron chi connectivity index (χ0n) is 39.0. The summed E-state index contributed by atoms with van der Waals surface area (Å²) in [6, 6.07) is 20.7. The number of carbonyl (C=O) groups is 5. The van der Waals surface area contributed by atoms with Crippen molar-refractivity contribution in [2.75, 3.05) is 91.5 Å². The zero-order chi connectivity index (χ0) is 49.1. The summed E-state index contributed by atoms with van der Waals surface area (Å²) in [7, 11) is 0. The molecule has 4 aliphatic heterocycles. The molecule has 5 aromatic rings. The number of benzene rings is 3. The molecule has 22 nitrogen and oxygen atoms in total. The van der Waals surface area contributed by atoms with Crippen LogP contribution in [0.15, 0.2) is 91.0 Å². The van der Waals surface area contributed by atoms with Crippen molar-refractivity contribution in [1.29, 1.82) is 0 Å². The van der Waals surface area contributed by atoms with E-state index in [-0.39, 0.29) is 54.9 Å². The second-order valence-corrected chi connectivity index (χ2v) is 16.9. The van der Waals surface area contributed by atoms with E-state index in [1.54, 1.807) is 18.3 Å². The molecule has 9 rings (SSSR count). The lowest BCUT2D eigenvalue weighted by molar-refractivity contribution is -0.136. The molecule has 2 unspecified atom stereocenters. The predicted molar refractivity (Wildman–Crippen MR) is 254 cm³/mol. The van der Waals surface area contributed by atoms with Crippen LogP contribution in [0.1, 0.15) is 52.4 Å². The minimum atomic E-state index is -1.05. The smallest absolute Gasteiger partial charge is 0.271 e. The first kappa shape index (κ1) is 48.5. The molecule has 2 saturated heterocycles. The number of nitrogen functional groups attached to an aromatic ring is 1. The zero-order valence-corrected chi connectivity index (χ0v) is 39.0. The Balaban J connectivity index is 0.646. The van der Waals surface area contributed by atoms with Crippen molar-refractivity contribution in [2.24, 2.45) is 0 Å². The number of hydrogen-bond acceptors (Lipinski definition) is 18. The average molecular weight is 974 g/mol. The van der Waals surface area contributed by atoms with Gasteiger partial charge in [-0.3, -0.25) is 34.2 Å². The molecule has 2 aromatic heterocycles. The lowest BCUT2D eigenvalue weighted by atomic mass is 10.0. The highest BCUT2D eigenvalue weighted by molar-refractivity contribution is 6.24. The van der Waals surface area contributed by atoms with Crippen molar-refractivity contribution in [3.8, 4) is 28.5 Å². The van der Waals surface area contributed by atoms with E-state index in [1.807, 2.05) is 69.2 Å². The van der Waals surface area contributed by atoms with Crippen LogP contribution in [-0.2, 0) is 33.3 Å². The van der Waals surface area contributed by atoms with Crippen molar-refractivity contribution < 1.29 is 52.4 Å². The number of ether oxygens (including phenoxy) is 6. The SMILES string of the molecule is Nc1ncnc2c1c(-c1ccc(Oc3ccccc3)cc1)nn2C1CCCN(C(=O)C2=CN(CCOCCOCCOCCOCCOc3cccc4c3C(=O)N(C3CCC(=O)NC3=O)C4=O)NCN2)C1. The van der Waals surface area contributed by atoms with Crippen LogP contribution in [0.3, 0.4) is 0 Å². The number of rotatable bonds is 22. The monoisotopic (exact) mass is 973 g/mol. The van der Waals surface area contributed by atoms with Crippen molar-refractivity contribution in [2.45, 2.75) is 37.8 Å². The summed E-state index contributed by atoms with van der Waals surface area (Å²) in [5.74, 6) is -0.469. The van der Waals surface area contributed by atoms with Gasteiger partial charge in [0.15, 0.2) is 5.65 Å². The van der Waals surface area contributed by atoms with E-state index in [0.717, 1.165) is 29.1 Å². The lowest BCUT2D eigenvalue weighted by Crippen LogP contribution is -2.54. The molecule has 5 N–H and O–H groups in total. The Morgan fingerprint density at radius 3 is 2.24 bits per heavy atom. The van der Waals surface area contributed by atoms with Gasteiger partial charge in [-0.05, 0) is 67.8 Å². The van der Waals surface area contributed by atoms with E-state index in [9.17, 15) is 24.0 Å². The molecule has 2 atom stereocenters. The maximum Gasteiger partial charge on any atom is 0.271 e. The number of hydrogen-bond donors (Lipinski definition) is 4. The van der Waals surface area contributed by atoms with E-state index in [0.29, 0.717) is 107 Å². The number of fused-ring (bicyclic) bond motifs is 2. The number of piperidine rings is 2. The quantitative estimate of drug-likeness (QED) is 0.0574. The van der Waals surface area contributed by atoms with Gasteiger partial charge in [0.25, 0.3) is 17.7 Å². The Bertz CT molecular complexity index is 2750. The molecule has 4 aliphatic rings. The van der Waals surface area contributed by atoms with Crippen molar-refractivity contribution >= 4 is 46.4 Å². The summed E-state index contributed by atoms with van der Waals surface area (Å²) in [4.78, 5) is 75.7. The van der Waals surface area contributed by atoms with Gasteiger partial charge in [-0.25, -0.2) is 20.1 Å². The summed E-state index contributed by atoms with van der Waals surface area (Å²) < 4.78 is 36.3. The first-order valence-electron chi connectivity index (χ1n) is 23.6. The molecule has 2 fully saturated rings. The third kappa shape index (κ3) is 11.4. The molecule has 5 amide bonds. The number of hydrazine groups is 1. The van der Waals surface area contributed by atoms with Gasteiger partial charge in [0, 0.05) is 31.3 Å². The number of carbonyl (C=O) groups excluding carboxylic acids is 5. The number of nitrogens with two attached hydrogens (primary N) is 1. The van der Waals surface area contributed by atoms with Crippen LogP contribution in [0.25, 0.3) is 22.3 Å². The minimum absolute atomic E-state index is 0.0388. The second-order valence-electron chi connectivity index (χ2n) is 16.9. The summed E-state index contributed by atoms with van der Waals surface area (Å²) in [6.45, 7) is 4.80. The summed E-state index contributed by atoms with van der Waals surface area (Å²) in [6.07, 6.45) is 4.91. The Hall–Kier alpha value is -7.50. The van der Waals surface area contributed by atoms with Gasteiger partial charge in [0.2, 0.25) is 11.8 Å². The molecule has 372 valence electrons. The number of imide groups is 2. The van der Waals surface area contributed by atoms with Crippen LogP contribution in [0.2, 0.25) is 0 Å². The minimum Gasteiger partial charge on any atom is -0.490 e. The van der Waals surface area contributed by atoms with Crippen LogP contribution in [0.5, 0.6) is 17.2 Å². The number of nitrogens with one attached hydrogen (secondary N) is 3. The molecular formula is C49H55N11O11. The molecule has 22 heteroatoms. The second kappa shape index (κ2) is 22.9. The van der Waals surface area contributed by atoms with Gasteiger partial charge in [0.1, 0.15) is 53.4 Å². The third-order valence-electron chi connectivity index (χ3n) is 12.2. The van der Waals surface area contributed by atoms with Crippen LogP contribution >= 0.6 is 0 Å². The summed E-state index contributed by atoms with van der Waals surface area (Å²) >= 11 is 0. The highest BCUT2D eigenvalue weighted by atomic mass is 16.6. The first-order valence-corrected chi connectivity index (χ1v) is 23.6. The van der Waals surface area contributed by atoms with Gasteiger partial charge < -0.3 is 49.4 Å². The van der Waals surface area contributed by atoms with E-state index in [2.05, 4.69) is 26.0 Å². The van der Waals surface area contributed by atoms with Crippen molar-refractivity contribution in [1.82, 2.24) is 50.6 Å². The molecule has 71 heavy (non-hydrogen) atoms. The average Bonchev–Trinajstić information content (AvgIpc) is 3.91. The van der Waals surface area contributed by atoms with E-state index >= 15 is 0 Å². The van der Waals surface area contributed by atoms with Crippen LogP contribution in [0, 0.1) is 0 Å². The standard InChI is InChI=1S/C49H55N11O11/c50-44-42-43(32-11-13-35(14-12-32)71-34-7-2-1-3-8-34)56-60(45(42)53-30-52-44)33-6-5-17-57(28-33)48(64)37-29-58(54-31-51-37)18-19-66-20-21-67-22-23-68-24-25-69-26-27-70-39-10-4-9-36-41(39)49(65)59(47(36)63)38-15-16-40(61)55-46(38)62/h1-4,7-14,29-30,33,38,51,54H,5-6,15-28,31H2,(H2,50,52,53)(H,55,61,62). The Morgan fingerprint density at radius 1 is 0.775 bits per heavy atom. The number of likely N-dealkylation sites (tertiary alicyclic amines) is 1. The van der Waals surface area contributed by atoms with Gasteiger partial charge in [0.05, 0.1) is 88.6 Å². The highest BCUT2D eigenvalue weighted by Gasteiger charge is 2.46. The normalized spacial score (nSPS) is 18.1. The van der Waals surface area contributed by atoms with E-state index in [4.69, 9.17) is 39.3 Å². The Kier molecular flexibility index (Phi) is 15.7. The summed E-state index contributed by atoms with van der Waals surface area (Å²) in [5, 5.41) is 12.9. The molecule has 3 aromatic carbocycles. The van der Waals surface area contributed by atoms with Crippen LogP contribution in [0.4, 0.5) is 5.82 Å². The van der Waals surface area contributed by atoms with E-state index < -0.39 is 29.7 Å². The summed E-state index contributed by atoms with van der Waals surface area (Å²) in [5.41, 5.74) is 12.5. The molecule has 0 saturated carbocycles. The fourth-order valence-electron chi connectivity index (χ4n) is 8.76. The maximum absolute atomic E-state index is 13.9. The Morgan fingerprint density at radius 2 is 1.49 bits per heavy atom. The van der Waals surface area contributed by atoms with Gasteiger partial charge in [-0.1, -0.05) is 24.3 Å². The van der Waals surface area contributed by atoms with Crippen LogP contribution in [-0.4, -0.2) is 156 Å². The number of para-hydroxylation sites is 1. The topological polar surface area (TPSA) is 256 Å². The Labute approximate surface area is 408 Å². The van der Waals surface area contributed by atoms with Crippen LogP contribution < -0.4 is 31.3 Å². The lowest BCUT2D eigenvalue weighted by Gasteiger charge is -2.35. The molecular weight excluding hydrogens is 919 g/mol. The van der Waals surface area contributed by atoms with Crippen molar-refractivity contribution in [3.63, 3.8) is 0 Å². The third-order valence-corrected chi connectivity index (χ3v) is 12.2.